The summed E-state index contributed by atoms with van der Waals surface area (Å²) in [6.45, 7) is 0.879. The molecule has 6 nitrogen and oxygen atoms in total. The number of hydrogen-bond acceptors (Lipinski definition) is 3. The number of carboxylic acids is 1. The molecule has 1 aliphatic rings. The third-order valence-corrected chi connectivity index (χ3v) is 2.94. The van der Waals surface area contributed by atoms with Crippen LogP contribution in [-0.4, -0.2) is 36.0 Å². The number of carboxylic acid groups (broad SMARTS) is 1. The van der Waals surface area contributed by atoms with E-state index >= 15 is 0 Å². The van der Waals surface area contributed by atoms with Crippen LogP contribution in [0.15, 0.2) is 24.3 Å². The van der Waals surface area contributed by atoms with Crippen molar-refractivity contribution in [3.63, 3.8) is 0 Å². The highest BCUT2D eigenvalue weighted by Crippen LogP contribution is 2.17. The zero-order valence-corrected chi connectivity index (χ0v) is 10.3. The minimum absolute atomic E-state index is 0.0738. The van der Waals surface area contributed by atoms with Gasteiger partial charge in [0.15, 0.2) is 0 Å². The second-order valence-electron chi connectivity index (χ2n) is 4.27. The monoisotopic (exact) mass is 262 g/mol. The van der Waals surface area contributed by atoms with Gasteiger partial charge in [0.25, 0.3) is 0 Å². The topological polar surface area (TPSA) is 86.7 Å². The second-order valence-corrected chi connectivity index (χ2v) is 4.27. The van der Waals surface area contributed by atoms with Crippen LogP contribution in [0, 0.1) is 0 Å². The number of nitrogens with one attached hydrogen (secondary N) is 1. The Balaban J connectivity index is 2.07. The van der Waals surface area contributed by atoms with Gasteiger partial charge in [-0.2, -0.15) is 0 Å². The van der Waals surface area contributed by atoms with Crippen LogP contribution < -0.4 is 10.2 Å². The van der Waals surface area contributed by atoms with Gasteiger partial charge in [-0.05, 0) is 24.1 Å². The lowest BCUT2D eigenvalue weighted by Crippen LogP contribution is -2.52. The minimum Gasteiger partial charge on any atom is -0.481 e. The Morgan fingerprint density at radius 1 is 1.26 bits per heavy atom. The number of amides is 2. The minimum atomic E-state index is -0.841. The van der Waals surface area contributed by atoms with Gasteiger partial charge in [0.1, 0.15) is 0 Å². The Labute approximate surface area is 110 Å². The van der Waals surface area contributed by atoms with Gasteiger partial charge in [0, 0.05) is 25.2 Å². The van der Waals surface area contributed by atoms with Crippen LogP contribution in [0.5, 0.6) is 0 Å². The number of carbonyl (C=O) groups is 3. The van der Waals surface area contributed by atoms with Crippen molar-refractivity contribution < 1.29 is 19.5 Å². The van der Waals surface area contributed by atoms with E-state index in [0.29, 0.717) is 25.2 Å². The van der Waals surface area contributed by atoms with E-state index in [0.717, 1.165) is 5.56 Å². The maximum Gasteiger partial charge on any atom is 0.316 e. The summed E-state index contributed by atoms with van der Waals surface area (Å²) in [5.41, 5.74) is 1.54. The number of aliphatic carboxylic acids is 1. The first-order valence-corrected chi connectivity index (χ1v) is 5.98. The molecule has 1 heterocycles. The zero-order chi connectivity index (χ0) is 13.8. The van der Waals surface area contributed by atoms with E-state index in [2.05, 4.69) is 5.32 Å². The van der Waals surface area contributed by atoms with E-state index in [-0.39, 0.29) is 6.42 Å². The molecule has 0 spiro atoms. The molecule has 6 heteroatoms. The molecule has 1 aromatic carbocycles. The molecule has 2 amide bonds. The molecule has 0 saturated carbocycles. The maximum atomic E-state index is 11.7. The summed E-state index contributed by atoms with van der Waals surface area (Å²) in [5, 5.41) is 11.1. The number of benzene rings is 1. The molecule has 0 bridgehead atoms. The van der Waals surface area contributed by atoms with Crippen LogP contribution in [0.25, 0.3) is 0 Å². The molecule has 1 saturated heterocycles. The summed E-state index contributed by atoms with van der Waals surface area (Å²) in [5.74, 6) is -2.00. The maximum absolute atomic E-state index is 11.7. The van der Waals surface area contributed by atoms with Crippen molar-refractivity contribution in [1.29, 1.82) is 0 Å². The van der Waals surface area contributed by atoms with Gasteiger partial charge in [-0.3, -0.25) is 14.4 Å². The predicted octanol–water partition coefficient (Wildman–Crippen LogP) is 0.167. The lowest BCUT2D eigenvalue weighted by molar-refractivity contribution is -0.138. The van der Waals surface area contributed by atoms with Gasteiger partial charge in [0.2, 0.25) is 0 Å². The first-order chi connectivity index (χ1) is 9.08. The molecule has 0 radical (unpaired) electrons. The number of anilines is 1. The zero-order valence-electron chi connectivity index (χ0n) is 10.3. The number of aryl methyl sites for hydroxylation is 1. The van der Waals surface area contributed by atoms with Crippen molar-refractivity contribution in [2.75, 3.05) is 18.0 Å². The van der Waals surface area contributed by atoms with Crippen LogP contribution in [0.1, 0.15) is 12.0 Å². The average molecular weight is 262 g/mol. The summed E-state index contributed by atoms with van der Waals surface area (Å²) in [4.78, 5) is 34.8. The molecule has 1 aliphatic heterocycles. The standard InChI is InChI=1S/C13H14N2O4/c16-11(17)6-3-9-1-4-10(5-2-9)15-8-7-14-12(18)13(15)19/h1-2,4-5H,3,6-8H2,(H,14,18)(H,16,17). The van der Waals surface area contributed by atoms with Crippen molar-refractivity contribution in [2.24, 2.45) is 0 Å². The largest absolute Gasteiger partial charge is 0.481 e. The number of nitrogens with zero attached hydrogens (tertiary/aromatic N) is 1. The molecule has 1 fully saturated rings. The van der Waals surface area contributed by atoms with Crippen LogP contribution in [0.2, 0.25) is 0 Å². The van der Waals surface area contributed by atoms with E-state index in [1.807, 2.05) is 0 Å². The summed E-state index contributed by atoms with van der Waals surface area (Å²) in [7, 11) is 0. The quantitative estimate of drug-likeness (QED) is 0.757. The van der Waals surface area contributed by atoms with E-state index in [4.69, 9.17) is 5.11 Å². The van der Waals surface area contributed by atoms with E-state index in [1.165, 1.54) is 4.90 Å². The number of carbonyl (C=O) groups excluding carboxylic acids is 2. The Morgan fingerprint density at radius 2 is 1.95 bits per heavy atom. The summed E-state index contributed by atoms with van der Waals surface area (Å²) < 4.78 is 0. The molecule has 2 rings (SSSR count). The van der Waals surface area contributed by atoms with E-state index in [9.17, 15) is 14.4 Å². The van der Waals surface area contributed by atoms with Gasteiger partial charge in [0.05, 0.1) is 0 Å². The Kier molecular flexibility index (Phi) is 3.79. The van der Waals surface area contributed by atoms with Gasteiger partial charge in [-0.1, -0.05) is 12.1 Å². The molecule has 19 heavy (non-hydrogen) atoms. The highest BCUT2D eigenvalue weighted by molar-refractivity contribution is 6.41. The number of rotatable bonds is 4. The number of hydrogen-bond donors (Lipinski definition) is 2. The molecular weight excluding hydrogens is 248 g/mol. The number of piperazine rings is 1. The molecule has 1 aromatic rings. The van der Waals surface area contributed by atoms with E-state index in [1.54, 1.807) is 24.3 Å². The lowest BCUT2D eigenvalue weighted by Gasteiger charge is -2.26. The first-order valence-electron chi connectivity index (χ1n) is 5.98. The van der Waals surface area contributed by atoms with Crippen molar-refractivity contribution in [3.05, 3.63) is 29.8 Å². The van der Waals surface area contributed by atoms with Crippen LogP contribution in [0.3, 0.4) is 0 Å². The molecule has 0 atom stereocenters. The van der Waals surface area contributed by atoms with Crippen molar-refractivity contribution in [1.82, 2.24) is 5.32 Å². The van der Waals surface area contributed by atoms with Gasteiger partial charge in [-0.15, -0.1) is 0 Å². The average Bonchev–Trinajstić information content (AvgIpc) is 2.40. The predicted molar refractivity (Wildman–Crippen MR) is 67.8 cm³/mol. The Bertz CT molecular complexity index is 510. The van der Waals surface area contributed by atoms with Gasteiger partial charge in [-0.25, -0.2) is 0 Å². The fourth-order valence-corrected chi connectivity index (χ4v) is 1.92. The van der Waals surface area contributed by atoms with E-state index < -0.39 is 17.8 Å². The SMILES string of the molecule is O=C(O)CCc1ccc(N2CCNC(=O)C2=O)cc1. The highest BCUT2D eigenvalue weighted by Gasteiger charge is 2.26. The fourth-order valence-electron chi connectivity index (χ4n) is 1.92. The first kappa shape index (κ1) is 13.1. The van der Waals surface area contributed by atoms with Gasteiger partial charge < -0.3 is 15.3 Å². The third-order valence-electron chi connectivity index (χ3n) is 2.94. The van der Waals surface area contributed by atoms with Crippen LogP contribution in [-0.2, 0) is 20.8 Å². The van der Waals surface area contributed by atoms with Crippen LogP contribution in [0.4, 0.5) is 5.69 Å². The molecule has 0 aromatic heterocycles. The fraction of sp³-hybridized carbons (Fsp3) is 0.308. The molecule has 100 valence electrons. The molecular formula is C13H14N2O4. The molecule has 0 aliphatic carbocycles. The normalized spacial score (nSPS) is 15.3. The molecule has 2 N–H and O–H groups in total. The lowest BCUT2D eigenvalue weighted by atomic mass is 10.1. The summed E-state index contributed by atoms with van der Waals surface area (Å²) >= 11 is 0. The highest BCUT2D eigenvalue weighted by atomic mass is 16.4. The smallest absolute Gasteiger partial charge is 0.316 e. The van der Waals surface area contributed by atoms with Crippen molar-refractivity contribution in [2.45, 2.75) is 12.8 Å². The van der Waals surface area contributed by atoms with Crippen molar-refractivity contribution in [3.8, 4) is 0 Å². The van der Waals surface area contributed by atoms with Crippen molar-refractivity contribution >= 4 is 23.5 Å². The third kappa shape index (κ3) is 3.09. The second kappa shape index (κ2) is 5.51. The summed E-state index contributed by atoms with van der Waals surface area (Å²) in [6.07, 6.45) is 0.522. The Morgan fingerprint density at radius 3 is 2.58 bits per heavy atom. The Hall–Kier alpha value is -2.37. The van der Waals surface area contributed by atoms with Crippen LogP contribution >= 0.6 is 0 Å². The van der Waals surface area contributed by atoms with Gasteiger partial charge >= 0.3 is 17.8 Å². The summed E-state index contributed by atoms with van der Waals surface area (Å²) in [6, 6.07) is 7.01. The molecule has 0 unspecified atom stereocenters.